The number of rotatable bonds is 18. The van der Waals surface area contributed by atoms with Crippen molar-refractivity contribution >= 4 is 11.8 Å². The number of carbonyl (C=O) groups is 2. The van der Waals surface area contributed by atoms with E-state index in [1.165, 1.54) is 0 Å². The summed E-state index contributed by atoms with van der Waals surface area (Å²) in [7, 11) is 0. The van der Waals surface area contributed by atoms with E-state index in [1.54, 1.807) is 13.8 Å². The van der Waals surface area contributed by atoms with E-state index in [4.69, 9.17) is 10.2 Å². The number of carbonyl (C=O) groups excluding carboxylic acids is 2. The molecule has 1 aliphatic heterocycles. The Balaban J connectivity index is 2.30. The van der Waals surface area contributed by atoms with Crippen LogP contribution in [0.2, 0.25) is 0 Å². The molecule has 1 aliphatic rings. The summed E-state index contributed by atoms with van der Waals surface area (Å²) in [6.07, 6.45) is 3.31. The van der Waals surface area contributed by atoms with Gasteiger partial charge in [-0.1, -0.05) is 0 Å². The molecule has 188 valence electrons. The summed E-state index contributed by atoms with van der Waals surface area (Å²) in [6.45, 7) is 6.97. The minimum atomic E-state index is -0.523. The molecule has 0 aromatic rings. The average molecular weight is 461 g/mol. The Morgan fingerprint density at radius 1 is 0.719 bits per heavy atom. The van der Waals surface area contributed by atoms with Crippen LogP contribution in [0.1, 0.15) is 52.4 Å². The lowest BCUT2D eigenvalue weighted by Gasteiger charge is -2.30. The molecule has 0 aliphatic carbocycles. The second-order valence-corrected chi connectivity index (χ2v) is 8.86. The molecule has 32 heavy (non-hydrogen) atoms. The van der Waals surface area contributed by atoms with E-state index in [1.807, 2.05) is 9.80 Å². The van der Waals surface area contributed by atoms with Gasteiger partial charge in [-0.25, -0.2) is 0 Å². The van der Waals surface area contributed by atoms with E-state index in [0.29, 0.717) is 45.6 Å². The van der Waals surface area contributed by atoms with E-state index in [9.17, 15) is 19.8 Å². The van der Waals surface area contributed by atoms with Gasteiger partial charge in [-0.15, -0.1) is 0 Å². The third-order valence-electron chi connectivity index (χ3n) is 5.58. The summed E-state index contributed by atoms with van der Waals surface area (Å²) >= 11 is 0. The maximum Gasteiger partial charge on any atom is 0.243 e. The summed E-state index contributed by atoms with van der Waals surface area (Å²) in [5, 5.41) is 42.9. The quantitative estimate of drug-likeness (QED) is 0.138. The van der Waals surface area contributed by atoms with Gasteiger partial charge in [0.15, 0.2) is 0 Å². The van der Waals surface area contributed by atoms with E-state index in [0.717, 1.165) is 32.2 Å². The number of hydrogen-bond donors (Lipinski definition) is 6. The number of aliphatic hydroxyl groups is 4. The molecule has 0 saturated carbocycles. The normalized spacial score (nSPS) is 21.0. The number of hydrogen-bond acceptors (Lipinski definition) is 8. The van der Waals surface area contributed by atoms with Crippen molar-refractivity contribution in [2.24, 2.45) is 0 Å². The van der Waals surface area contributed by atoms with Gasteiger partial charge in [-0.05, 0) is 65.5 Å². The first-order valence-corrected chi connectivity index (χ1v) is 11.9. The molecular formula is C22H44N4O6. The second-order valence-electron chi connectivity index (χ2n) is 8.86. The highest BCUT2D eigenvalue weighted by Gasteiger charge is 2.32. The molecule has 0 aromatic carbocycles. The largest absolute Gasteiger partial charge is 0.395 e. The van der Waals surface area contributed by atoms with Gasteiger partial charge in [-0.2, -0.15) is 0 Å². The van der Waals surface area contributed by atoms with Crippen molar-refractivity contribution in [3.8, 4) is 0 Å². The van der Waals surface area contributed by atoms with Gasteiger partial charge in [0.05, 0.1) is 25.4 Å². The van der Waals surface area contributed by atoms with Crippen molar-refractivity contribution in [2.75, 3.05) is 52.5 Å². The zero-order valence-corrected chi connectivity index (χ0v) is 19.7. The average Bonchev–Trinajstić information content (AvgIpc) is 2.70. The Morgan fingerprint density at radius 3 is 1.50 bits per heavy atom. The van der Waals surface area contributed by atoms with Gasteiger partial charge in [0.25, 0.3) is 0 Å². The van der Waals surface area contributed by atoms with Gasteiger partial charge >= 0.3 is 0 Å². The molecule has 4 unspecified atom stereocenters. The zero-order chi connectivity index (χ0) is 23.9. The molecule has 0 spiro atoms. The number of amides is 2. The number of piperazine rings is 1. The highest BCUT2D eigenvalue weighted by molar-refractivity contribution is 5.96. The number of aliphatic hydroxyl groups excluding tert-OH is 4. The first-order chi connectivity index (χ1) is 15.3. The fraction of sp³-hybridized carbons (Fsp3) is 0.909. The lowest BCUT2D eigenvalue weighted by Crippen LogP contribution is -2.61. The SMILES string of the molecule is CC(O)CN(CCCCC1NC(=O)C(CCCCN(CCO)CCO)NC1=O)CC(C)O. The lowest BCUT2D eigenvalue weighted by molar-refractivity contribution is -0.137. The summed E-state index contributed by atoms with van der Waals surface area (Å²) in [5.41, 5.74) is 0. The molecule has 10 heteroatoms. The highest BCUT2D eigenvalue weighted by atomic mass is 16.3. The van der Waals surface area contributed by atoms with Crippen LogP contribution in [-0.4, -0.2) is 119 Å². The summed E-state index contributed by atoms with van der Waals surface area (Å²) in [5.74, 6) is -0.302. The minimum absolute atomic E-state index is 0.0433. The van der Waals surface area contributed by atoms with E-state index < -0.39 is 24.3 Å². The summed E-state index contributed by atoms with van der Waals surface area (Å²) in [6, 6.07) is -1.04. The number of nitrogens with zero attached hydrogens (tertiary/aromatic N) is 2. The molecule has 1 saturated heterocycles. The molecule has 10 nitrogen and oxygen atoms in total. The summed E-state index contributed by atoms with van der Waals surface area (Å²) in [4.78, 5) is 28.8. The van der Waals surface area contributed by atoms with Crippen molar-refractivity contribution in [2.45, 2.75) is 76.7 Å². The van der Waals surface area contributed by atoms with Crippen molar-refractivity contribution in [3.63, 3.8) is 0 Å². The third-order valence-corrected chi connectivity index (χ3v) is 5.58. The lowest BCUT2D eigenvalue weighted by atomic mass is 10.0. The van der Waals surface area contributed by atoms with Crippen LogP contribution in [0.5, 0.6) is 0 Å². The van der Waals surface area contributed by atoms with Crippen LogP contribution in [0, 0.1) is 0 Å². The standard InChI is InChI=1S/C22H44N4O6/c1-17(29)15-26(16-18(2)30)10-6-4-8-20-22(32)23-19(21(31)24-20)7-3-5-9-25(11-13-27)12-14-28/h17-20,27-30H,3-16H2,1-2H3,(H,23,32)(H,24,31). The predicted octanol–water partition coefficient (Wildman–Crippen LogP) is -1.34. The van der Waals surface area contributed by atoms with Crippen LogP contribution >= 0.6 is 0 Å². The van der Waals surface area contributed by atoms with Gasteiger partial charge < -0.3 is 31.1 Å². The first-order valence-electron chi connectivity index (χ1n) is 11.9. The highest BCUT2D eigenvalue weighted by Crippen LogP contribution is 2.11. The van der Waals surface area contributed by atoms with Crippen LogP contribution in [-0.2, 0) is 9.59 Å². The van der Waals surface area contributed by atoms with E-state index in [2.05, 4.69) is 10.6 Å². The van der Waals surface area contributed by atoms with Crippen molar-refractivity contribution in [1.82, 2.24) is 20.4 Å². The Morgan fingerprint density at radius 2 is 1.12 bits per heavy atom. The van der Waals surface area contributed by atoms with Crippen LogP contribution in [0.4, 0.5) is 0 Å². The third kappa shape index (κ3) is 12.1. The summed E-state index contributed by atoms with van der Waals surface area (Å²) < 4.78 is 0. The molecule has 1 fully saturated rings. The molecular weight excluding hydrogens is 416 g/mol. The topological polar surface area (TPSA) is 146 Å². The fourth-order valence-electron chi connectivity index (χ4n) is 4.07. The van der Waals surface area contributed by atoms with Crippen LogP contribution in [0.3, 0.4) is 0 Å². The smallest absolute Gasteiger partial charge is 0.243 e. The number of unbranched alkanes of at least 4 members (excludes halogenated alkanes) is 2. The molecule has 2 amide bonds. The van der Waals surface area contributed by atoms with Crippen molar-refractivity contribution < 1.29 is 30.0 Å². The molecule has 1 heterocycles. The monoisotopic (exact) mass is 460 g/mol. The molecule has 1 rings (SSSR count). The van der Waals surface area contributed by atoms with Crippen molar-refractivity contribution in [3.05, 3.63) is 0 Å². The minimum Gasteiger partial charge on any atom is -0.395 e. The molecule has 4 atom stereocenters. The Labute approximate surface area is 192 Å². The van der Waals surface area contributed by atoms with Gasteiger partial charge in [0, 0.05) is 26.2 Å². The van der Waals surface area contributed by atoms with Crippen LogP contribution < -0.4 is 10.6 Å². The maximum atomic E-state index is 12.4. The second kappa shape index (κ2) is 16.3. The molecule has 6 N–H and O–H groups in total. The van der Waals surface area contributed by atoms with Gasteiger partial charge in [-0.3, -0.25) is 19.4 Å². The van der Waals surface area contributed by atoms with E-state index in [-0.39, 0.29) is 25.0 Å². The van der Waals surface area contributed by atoms with Crippen LogP contribution in [0.25, 0.3) is 0 Å². The Hall–Kier alpha value is -1.30. The van der Waals surface area contributed by atoms with Crippen LogP contribution in [0.15, 0.2) is 0 Å². The number of nitrogens with one attached hydrogen (secondary N) is 2. The predicted molar refractivity (Wildman–Crippen MR) is 122 cm³/mol. The van der Waals surface area contributed by atoms with Crippen molar-refractivity contribution in [1.29, 1.82) is 0 Å². The maximum absolute atomic E-state index is 12.4. The Bertz CT molecular complexity index is 519. The zero-order valence-electron chi connectivity index (χ0n) is 19.7. The molecule has 0 radical (unpaired) electrons. The van der Waals surface area contributed by atoms with Gasteiger partial charge in [0.2, 0.25) is 11.8 Å². The molecule has 0 bridgehead atoms. The van der Waals surface area contributed by atoms with E-state index >= 15 is 0 Å². The molecule has 0 aromatic heterocycles. The first kappa shape index (κ1) is 28.7. The Kier molecular flexibility index (Phi) is 14.7. The van der Waals surface area contributed by atoms with Gasteiger partial charge in [0.1, 0.15) is 12.1 Å². The fourth-order valence-corrected chi connectivity index (χ4v) is 4.07.